The molecule has 0 aliphatic heterocycles. The Morgan fingerprint density at radius 3 is 2.65 bits per heavy atom. The number of carbonyl (C=O) groups is 1. The Bertz CT molecular complexity index is 850. The Balaban J connectivity index is 1.52. The van der Waals surface area contributed by atoms with Crippen molar-refractivity contribution in [3.8, 4) is 22.2 Å². The van der Waals surface area contributed by atoms with Crippen LogP contribution in [0.5, 0.6) is 11.5 Å². The van der Waals surface area contributed by atoms with Gasteiger partial charge in [-0.25, -0.2) is 4.98 Å². The number of amides is 1. The summed E-state index contributed by atoms with van der Waals surface area (Å²) in [7, 11) is 1.60. The fourth-order valence-electron chi connectivity index (χ4n) is 2.23. The lowest BCUT2D eigenvalue weighted by molar-refractivity contribution is -0.127. The molecule has 6 nitrogen and oxygen atoms in total. The Kier molecular flexibility index (Phi) is 5.80. The monoisotopic (exact) mass is 369 g/mol. The van der Waals surface area contributed by atoms with Gasteiger partial charge in [-0.1, -0.05) is 6.07 Å². The lowest BCUT2D eigenvalue weighted by Crippen LogP contribution is -2.35. The molecule has 0 spiro atoms. The van der Waals surface area contributed by atoms with Gasteiger partial charge >= 0.3 is 0 Å². The minimum atomic E-state index is -0.614. The molecule has 1 aromatic carbocycles. The highest BCUT2D eigenvalue weighted by Gasteiger charge is 2.15. The van der Waals surface area contributed by atoms with Gasteiger partial charge in [-0.05, 0) is 43.3 Å². The van der Waals surface area contributed by atoms with Gasteiger partial charge in [0, 0.05) is 11.6 Å². The van der Waals surface area contributed by atoms with Crippen LogP contribution in [0.2, 0.25) is 0 Å². The molecular weight excluding hydrogens is 350 g/mol. The Morgan fingerprint density at radius 2 is 1.96 bits per heavy atom. The van der Waals surface area contributed by atoms with Crippen molar-refractivity contribution in [3.63, 3.8) is 0 Å². The molecule has 0 saturated carbocycles. The third kappa shape index (κ3) is 4.58. The smallest absolute Gasteiger partial charge is 0.261 e. The van der Waals surface area contributed by atoms with E-state index in [1.54, 1.807) is 44.5 Å². The Hall–Kier alpha value is -2.93. The first-order valence-electron chi connectivity index (χ1n) is 8.10. The third-order valence-corrected chi connectivity index (χ3v) is 4.53. The number of ether oxygens (including phenoxy) is 2. The topological polar surface area (TPSA) is 73.3 Å². The Labute approximate surface area is 155 Å². The number of carbonyl (C=O) groups excluding carboxylic acids is 1. The van der Waals surface area contributed by atoms with Crippen LogP contribution in [0.1, 0.15) is 12.6 Å². The minimum Gasteiger partial charge on any atom is -0.497 e. The predicted octanol–water partition coefficient (Wildman–Crippen LogP) is 3.30. The summed E-state index contributed by atoms with van der Waals surface area (Å²) in [6.07, 6.45) is 1.12. The molecule has 1 atom stereocenters. The molecule has 26 heavy (non-hydrogen) atoms. The van der Waals surface area contributed by atoms with Crippen molar-refractivity contribution < 1.29 is 14.3 Å². The largest absolute Gasteiger partial charge is 0.497 e. The Morgan fingerprint density at radius 1 is 1.19 bits per heavy atom. The predicted molar refractivity (Wildman–Crippen MR) is 100 cm³/mol. The highest BCUT2D eigenvalue weighted by atomic mass is 32.1. The van der Waals surface area contributed by atoms with Gasteiger partial charge in [-0.15, -0.1) is 11.3 Å². The number of pyridine rings is 1. The summed E-state index contributed by atoms with van der Waals surface area (Å²) in [6, 6.07) is 12.8. The van der Waals surface area contributed by atoms with Crippen LogP contribution >= 0.6 is 11.3 Å². The lowest BCUT2D eigenvalue weighted by Gasteiger charge is -2.14. The van der Waals surface area contributed by atoms with Crippen LogP contribution in [0.25, 0.3) is 10.7 Å². The number of nitrogens with one attached hydrogen (secondary N) is 1. The number of methoxy groups -OCH3 is 1. The zero-order valence-electron chi connectivity index (χ0n) is 14.5. The van der Waals surface area contributed by atoms with Gasteiger partial charge in [0.1, 0.15) is 16.5 Å². The summed E-state index contributed by atoms with van der Waals surface area (Å²) in [6.45, 7) is 2.05. The quantitative estimate of drug-likeness (QED) is 0.692. The third-order valence-electron chi connectivity index (χ3n) is 3.62. The maximum Gasteiger partial charge on any atom is 0.261 e. The van der Waals surface area contributed by atoms with Crippen molar-refractivity contribution in [2.24, 2.45) is 0 Å². The number of nitrogens with zero attached hydrogens (tertiary/aromatic N) is 2. The maximum absolute atomic E-state index is 12.2. The van der Waals surface area contributed by atoms with Crippen molar-refractivity contribution in [2.75, 3.05) is 7.11 Å². The zero-order chi connectivity index (χ0) is 18.4. The molecular formula is C19H19N3O3S. The molecule has 3 rings (SSSR count). The van der Waals surface area contributed by atoms with Gasteiger partial charge in [0.2, 0.25) is 0 Å². The van der Waals surface area contributed by atoms with Crippen LogP contribution in [-0.2, 0) is 11.3 Å². The van der Waals surface area contributed by atoms with Gasteiger partial charge < -0.3 is 14.8 Å². The first-order valence-corrected chi connectivity index (χ1v) is 8.98. The van der Waals surface area contributed by atoms with E-state index in [0.717, 1.165) is 22.1 Å². The summed E-state index contributed by atoms with van der Waals surface area (Å²) in [5, 5.41) is 5.59. The lowest BCUT2D eigenvalue weighted by atomic mass is 10.3. The molecule has 1 unspecified atom stereocenters. The zero-order valence-corrected chi connectivity index (χ0v) is 15.3. The molecule has 0 bridgehead atoms. The number of thiazole rings is 1. The second-order valence-corrected chi connectivity index (χ2v) is 6.37. The van der Waals surface area contributed by atoms with Gasteiger partial charge in [0.15, 0.2) is 6.10 Å². The van der Waals surface area contributed by atoms with E-state index in [1.165, 1.54) is 11.3 Å². The van der Waals surface area contributed by atoms with Crippen molar-refractivity contribution in [3.05, 3.63) is 59.7 Å². The number of hydrogen-bond acceptors (Lipinski definition) is 6. The van der Waals surface area contributed by atoms with Gasteiger partial charge in [-0.2, -0.15) is 0 Å². The average molecular weight is 369 g/mol. The molecule has 7 heteroatoms. The minimum absolute atomic E-state index is 0.201. The summed E-state index contributed by atoms with van der Waals surface area (Å²) < 4.78 is 10.7. The van der Waals surface area contributed by atoms with Crippen molar-refractivity contribution in [1.29, 1.82) is 0 Å². The molecule has 1 amide bonds. The summed E-state index contributed by atoms with van der Waals surface area (Å²) in [4.78, 5) is 21.0. The summed E-state index contributed by atoms with van der Waals surface area (Å²) in [5.41, 5.74) is 1.62. The second kappa shape index (κ2) is 8.44. The number of hydrogen-bond donors (Lipinski definition) is 1. The number of aromatic nitrogens is 2. The molecule has 0 aliphatic rings. The molecule has 2 aromatic heterocycles. The van der Waals surface area contributed by atoms with E-state index in [1.807, 2.05) is 23.6 Å². The van der Waals surface area contributed by atoms with E-state index in [0.29, 0.717) is 12.3 Å². The van der Waals surface area contributed by atoms with Crippen LogP contribution in [0.4, 0.5) is 0 Å². The van der Waals surface area contributed by atoms with Crippen molar-refractivity contribution in [1.82, 2.24) is 15.3 Å². The first-order chi connectivity index (χ1) is 12.7. The van der Waals surface area contributed by atoms with E-state index in [2.05, 4.69) is 15.3 Å². The van der Waals surface area contributed by atoms with Crippen LogP contribution in [0.15, 0.2) is 54.0 Å². The second-order valence-electron chi connectivity index (χ2n) is 5.51. The molecule has 2 heterocycles. The summed E-state index contributed by atoms with van der Waals surface area (Å²) in [5.74, 6) is 1.15. The van der Waals surface area contributed by atoms with E-state index in [4.69, 9.17) is 9.47 Å². The highest BCUT2D eigenvalue weighted by Crippen LogP contribution is 2.21. The van der Waals surface area contributed by atoms with Crippen molar-refractivity contribution in [2.45, 2.75) is 19.6 Å². The van der Waals surface area contributed by atoms with E-state index >= 15 is 0 Å². The van der Waals surface area contributed by atoms with Gasteiger partial charge in [-0.3, -0.25) is 9.78 Å². The number of rotatable bonds is 7. The number of benzene rings is 1. The van der Waals surface area contributed by atoms with E-state index in [9.17, 15) is 4.79 Å². The van der Waals surface area contributed by atoms with Crippen LogP contribution < -0.4 is 14.8 Å². The maximum atomic E-state index is 12.2. The van der Waals surface area contributed by atoms with E-state index in [-0.39, 0.29) is 5.91 Å². The van der Waals surface area contributed by atoms with E-state index < -0.39 is 6.10 Å². The average Bonchev–Trinajstić information content (AvgIpc) is 3.16. The fourth-order valence-corrected chi connectivity index (χ4v) is 3.02. The normalized spacial score (nSPS) is 11.6. The highest BCUT2D eigenvalue weighted by molar-refractivity contribution is 7.13. The molecule has 134 valence electrons. The van der Waals surface area contributed by atoms with Crippen molar-refractivity contribution >= 4 is 17.2 Å². The fraction of sp³-hybridized carbons (Fsp3) is 0.211. The molecule has 1 N–H and O–H groups in total. The molecule has 0 fully saturated rings. The summed E-state index contributed by atoms with van der Waals surface area (Å²) >= 11 is 1.50. The molecule has 0 radical (unpaired) electrons. The van der Waals surface area contributed by atoms with Gasteiger partial charge in [0.05, 0.1) is 25.0 Å². The van der Waals surface area contributed by atoms with Gasteiger partial charge in [0.25, 0.3) is 5.91 Å². The van der Waals surface area contributed by atoms with Crippen LogP contribution in [0.3, 0.4) is 0 Å². The standard InChI is InChI=1S/C19H19N3O3S/c1-13(25-16-8-6-15(24-2)7-9-16)18(23)21-11-14-12-26-19(22-14)17-5-3-4-10-20-17/h3-10,12-13H,11H2,1-2H3,(H,21,23). The molecule has 0 aliphatic carbocycles. The first kappa shape index (κ1) is 17.9. The molecule has 3 aromatic rings. The molecule has 0 saturated heterocycles. The van der Waals surface area contributed by atoms with Crippen LogP contribution in [0, 0.1) is 0 Å². The SMILES string of the molecule is COc1ccc(OC(C)C(=O)NCc2csc(-c3ccccn3)n2)cc1. The van der Waals surface area contributed by atoms with Crippen LogP contribution in [-0.4, -0.2) is 29.1 Å².